The molecule has 3 aromatic carbocycles. The van der Waals surface area contributed by atoms with Gasteiger partial charge < -0.3 is 38.9 Å². The fourth-order valence-corrected chi connectivity index (χ4v) is 5.27. The number of rotatable bonds is 9. The number of halogens is 3. The summed E-state index contributed by atoms with van der Waals surface area (Å²) in [6.45, 7) is 0. The molecular weight excluding hydrogens is 665 g/mol. The Balaban J connectivity index is 0.000000260. The third-order valence-corrected chi connectivity index (χ3v) is 7.54. The van der Waals surface area contributed by atoms with Crippen LogP contribution in [0.1, 0.15) is 20.7 Å². The van der Waals surface area contributed by atoms with Gasteiger partial charge in [-0.3, -0.25) is 10.1 Å². The van der Waals surface area contributed by atoms with Crippen molar-refractivity contribution < 1.29 is 51.4 Å². The number of nitrogens with one attached hydrogen (secondary N) is 2. The highest BCUT2D eigenvalue weighted by Gasteiger charge is 2.31. The molecule has 48 heavy (non-hydrogen) atoms. The van der Waals surface area contributed by atoms with E-state index in [1.54, 1.807) is 30.8 Å². The number of esters is 2. The number of thiazole rings is 1. The molecule has 0 atom stereocenters. The van der Waals surface area contributed by atoms with Crippen LogP contribution in [0.25, 0.3) is 21.3 Å². The van der Waals surface area contributed by atoms with Crippen LogP contribution in [-0.4, -0.2) is 73.2 Å². The molecule has 0 aliphatic rings. The lowest BCUT2D eigenvalue weighted by atomic mass is 10.1. The lowest BCUT2D eigenvalue weighted by Crippen LogP contribution is -2.16. The molecular formula is C29H27F3N6O9S. The highest BCUT2D eigenvalue weighted by molar-refractivity contribution is 7.22. The first-order chi connectivity index (χ1) is 22.7. The van der Waals surface area contributed by atoms with Gasteiger partial charge in [0.25, 0.3) is 5.69 Å². The summed E-state index contributed by atoms with van der Waals surface area (Å²) in [5, 5.41) is 17.0. The molecule has 2 N–H and O–H groups in total. The standard InChI is InChI=1S/C19H15F3N4O4S.C10H12N2O5/c1-26-13-8-14(28-2)10(16(27)29-3)7-12(13)23-17(26)25-18-24-11-5-4-9(6-15(11)31-18)30-19(20,21)22;1-11-7-5-9(16-2)6(10(13)17-3)4-8(7)12(14)15/h4-8H,1-3H3,(H,23,24,25);4-5,11H,1-3H3. The number of imidazole rings is 1. The SMILES string of the molecule is CNc1cc(OC)c(C(=O)OC)cc1[N+](=O)[O-].COC(=O)c1cc2nc(Nc3nc4ccc(OC(F)(F)F)cc4s3)n(C)c2cc1OC. The van der Waals surface area contributed by atoms with Gasteiger partial charge in [0.1, 0.15) is 34.1 Å². The van der Waals surface area contributed by atoms with Crippen LogP contribution >= 0.6 is 11.3 Å². The third kappa shape index (κ3) is 7.57. The van der Waals surface area contributed by atoms with Gasteiger partial charge in [-0.1, -0.05) is 11.3 Å². The topological polar surface area (TPSA) is 178 Å². The average molecular weight is 693 g/mol. The van der Waals surface area contributed by atoms with Crippen molar-refractivity contribution in [1.29, 1.82) is 0 Å². The lowest BCUT2D eigenvalue weighted by Gasteiger charge is -2.09. The number of benzene rings is 3. The summed E-state index contributed by atoms with van der Waals surface area (Å²) < 4.78 is 63.1. The van der Waals surface area contributed by atoms with Crippen molar-refractivity contribution in [2.45, 2.75) is 6.36 Å². The van der Waals surface area contributed by atoms with E-state index < -0.39 is 23.2 Å². The molecule has 0 unspecified atom stereocenters. The largest absolute Gasteiger partial charge is 0.573 e. The van der Waals surface area contributed by atoms with Crippen molar-refractivity contribution in [2.75, 3.05) is 46.1 Å². The van der Waals surface area contributed by atoms with Crippen molar-refractivity contribution in [3.05, 3.63) is 63.7 Å². The summed E-state index contributed by atoms with van der Waals surface area (Å²) in [6, 6.07) is 9.65. The summed E-state index contributed by atoms with van der Waals surface area (Å²) in [5.41, 5.74) is 2.02. The minimum Gasteiger partial charge on any atom is -0.496 e. The molecule has 254 valence electrons. The van der Waals surface area contributed by atoms with Crippen LogP contribution in [0.15, 0.2) is 42.5 Å². The van der Waals surface area contributed by atoms with Crippen LogP contribution < -0.4 is 24.8 Å². The van der Waals surface area contributed by atoms with Gasteiger partial charge in [0.05, 0.1) is 54.6 Å². The van der Waals surface area contributed by atoms with Gasteiger partial charge in [-0.25, -0.2) is 19.6 Å². The summed E-state index contributed by atoms with van der Waals surface area (Å²) in [6.07, 6.45) is -4.77. The average Bonchev–Trinajstić information content (AvgIpc) is 3.60. The monoisotopic (exact) mass is 692 g/mol. The Hall–Kier alpha value is -5.85. The maximum Gasteiger partial charge on any atom is 0.573 e. The molecule has 2 heterocycles. The van der Waals surface area contributed by atoms with Gasteiger partial charge in [-0.2, -0.15) is 0 Å². The normalized spacial score (nSPS) is 10.9. The third-order valence-electron chi connectivity index (χ3n) is 6.61. The number of hydrogen-bond acceptors (Lipinski definition) is 14. The number of nitrogens with zero attached hydrogens (tertiary/aromatic N) is 4. The van der Waals surface area contributed by atoms with E-state index in [0.29, 0.717) is 38.1 Å². The summed E-state index contributed by atoms with van der Waals surface area (Å²) in [4.78, 5) is 42.5. The first-order valence-electron chi connectivity index (χ1n) is 13.4. The molecule has 5 rings (SSSR count). The van der Waals surface area contributed by atoms with Crippen LogP contribution in [0, 0.1) is 10.1 Å². The molecule has 19 heteroatoms. The summed E-state index contributed by atoms with van der Waals surface area (Å²) >= 11 is 1.15. The molecule has 0 aliphatic heterocycles. The number of alkyl halides is 3. The minimum atomic E-state index is -4.77. The second-order valence-corrected chi connectivity index (χ2v) is 10.4. The number of ether oxygens (including phenoxy) is 5. The number of fused-ring (bicyclic) bond motifs is 2. The molecule has 0 amide bonds. The predicted molar refractivity (Wildman–Crippen MR) is 169 cm³/mol. The molecule has 5 aromatic rings. The molecule has 0 radical (unpaired) electrons. The Bertz CT molecular complexity index is 2010. The van der Waals surface area contributed by atoms with Gasteiger partial charge in [-0.15, -0.1) is 13.2 Å². The predicted octanol–water partition coefficient (Wildman–Crippen LogP) is 6.05. The number of carbonyl (C=O) groups is 2. The highest BCUT2D eigenvalue weighted by atomic mass is 32.1. The molecule has 2 aromatic heterocycles. The molecule has 0 saturated heterocycles. The number of aryl methyl sites for hydroxylation is 1. The summed E-state index contributed by atoms with van der Waals surface area (Å²) in [5.74, 6) is -0.585. The second kappa shape index (κ2) is 14.3. The number of carbonyl (C=O) groups excluding carboxylic acids is 2. The number of nitro groups is 1. The number of nitro benzene ring substituents is 1. The Morgan fingerprint density at radius 2 is 1.54 bits per heavy atom. The molecule has 15 nitrogen and oxygen atoms in total. The Morgan fingerprint density at radius 3 is 2.10 bits per heavy atom. The smallest absolute Gasteiger partial charge is 0.496 e. The lowest BCUT2D eigenvalue weighted by molar-refractivity contribution is -0.384. The summed E-state index contributed by atoms with van der Waals surface area (Å²) in [7, 11) is 8.58. The van der Waals surface area contributed by atoms with Crippen molar-refractivity contribution in [2.24, 2.45) is 7.05 Å². The van der Waals surface area contributed by atoms with Crippen LogP contribution in [0.2, 0.25) is 0 Å². The van der Waals surface area contributed by atoms with Crippen molar-refractivity contribution in [3.63, 3.8) is 0 Å². The van der Waals surface area contributed by atoms with Gasteiger partial charge in [0.2, 0.25) is 5.95 Å². The molecule has 0 fully saturated rings. The van der Waals surface area contributed by atoms with E-state index in [1.807, 2.05) is 0 Å². The van der Waals surface area contributed by atoms with E-state index in [1.165, 1.54) is 52.7 Å². The number of aromatic nitrogens is 3. The first-order valence-corrected chi connectivity index (χ1v) is 14.2. The zero-order chi connectivity index (χ0) is 35.3. The van der Waals surface area contributed by atoms with E-state index in [4.69, 9.17) is 14.2 Å². The van der Waals surface area contributed by atoms with Gasteiger partial charge in [0, 0.05) is 38.4 Å². The van der Waals surface area contributed by atoms with Crippen LogP contribution in [-0.2, 0) is 16.5 Å². The second-order valence-electron chi connectivity index (χ2n) is 9.42. The van der Waals surface area contributed by atoms with Crippen molar-refractivity contribution in [3.8, 4) is 17.2 Å². The zero-order valence-electron chi connectivity index (χ0n) is 26.0. The Morgan fingerprint density at radius 1 is 0.917 bits per heavy atom. The Labute approximate surface area is 273 Å². The van der Waals surface area contributed by atoms with E-state index in [2.05, 4.69) is 30.1 Å². The first kappa shape index (κ1) is 35.0. The van der Waals surface area contributed by atoms with Crippen molar-refractivity contribution in [1.82, 2.24) is 14.5 Å². The maximum atomic E-state index is 12.4. The highest BCUT2D eigenvalue weighted by Crippen LogP contribution is 2.35. The maximum absolute atomic E-state index is 12.4. The fraction of sp³-hybridized carbons (Fsp3) is 0.241. The minimum absolute atomic E-state index is 0.0145. The van der Waals surface area contributed by atoms with Gasteiger partial charge in [-0.05, 0) is 18.2 Å². The fourth-order valence-electron chi connectivity index (χ4n) is 4.38. The quantitative estimate of drug-likeness (QED) is 0.104. The molecule has 0 spiro atoms. The van der Waals surface area contributed by atoms with E-state index in [0.717, 1.165) is 17.4 Å². The molecule has 0 bridgehead atoms. The van der Waals surface area contributed by atoms with E-state index >= 15 is 0 Å². The van der Waals surface area contributed by atoms with Gasteiger partial charge in [0.15, 0.2) is 5.13 Å². The zero-order valence-corrected chi connectivity index (χ0v) is 26.9. The van der Waals surface area contributed by atoms with Crippen LogP contribution in [0.4, 0.5) is 35.6 Å². The van der Waals surface area contributed by atoms with Crippen LogP contribution in [0.5, 0.6) is 17.2 Å². The van der Waals surface area contributed by atoms with E-state index in [-0.39, 0.29) is 34.0 Å². The number of methoxy groups -OCH3 is 4. The number of anilines is 3. The van der Waals surface area contributed by atoms with E-state index in [9.17, 15) is 32.9 Å². The Kier molecular flexibility index (Phi) is 10.4. The van der Waals surface area contributed by atoms with Gasteiger partial charge >= 0.3 is 18.3 Å². The van der Waals surface area contributed by atoms with Crippen molar-refractivity contribution >= 4 is 67.0 Å². The van der Waals surface area contributed by atoms with Crippen LogP contribution in [0.3, 0.4) is 0 Å². The number of hydrogen-bond donors (Lipinski definition) is 2. The molecule has 0 saturated carbocycles. The molecule has 0 aliphatic carbocycles.